The molecule has 0 aliphatic rings. The molecular formula is C17H11BrCl2N4O4. The Kier molecular flexibility index (Phi) is 6.18. The molecule has 1 N–H and O–H groups in total. The maximum absolute atomic E-state index is 12.3. The number of carbonyl (C=O) groups is 1. The van der Waals surface area contributed by atoms with Crippen molar-refractivity contribution in [1.29, 1.82) is 0 Å². The normalized spacial score (nSPS) is 10.5. The largest absolute Gasteiger partial charge is 0.470 e. The van der Waals surface area contributed by atoms with E-state index in [1.165, 1.54) is 22.9 Å². The van der Waals surface area contributed by atoms with Gasteiger partial charge in [0.25, 0.3) is 11.6 Å². The molecular weight excluding hydrogens is 475 g/mol. The van der Waals surface area contributed by atoms with E-state index in [2.05, 4.69) is 26.3 Å². The first kappa shape index (κ1) is 20.1. The predicted octanol–water partition coefficient (Wildman–Crippen LogP) is 5.15. The molecule has 3 rings (SSSR count). The van der Waals surface area contributed by atoms with Gasteiger partial charge in [-0.05, 0) is 52.3 Å². The van der Waals surface area contributed by atoms with E-state index in [-0.39, 0.29) is 28.8 Å². The van der Waals surface area contributed by atoms with Gasteiger partial charge < -0.3 is 10.1 Å². The van der Waals surface area contributed by atoms with Gasteiger partial charge in [0.15, 0.2) is 12.4 Å². The van der Waals surface area contributed by atoms with Crippen molar-refractivity contribution in [3.63, 3.8) is 0 Å². The number of aromatic nitrogens is 2. The van der Waals surface area contributed by atoms with E-state index in [0.717, 1.165) is 6.07 Å². The van der Waals surface area contributed by atoms with Crippen molar-refractivity contribution in [1.82, 2.24) is 9.78 Å². The van der Waals surface area contributed by atoms with Crippen LogP contribution in [0.5, 0.6) is 5.75 Å². The first-order valence-electron chi connectivity index (χ1n) is 7.70. The summed E-state index contributed by atoms with van der Waals surface area (Å²) in [7, 11) is 0. The van der Waals surface area contributed by atoms with Crippen LogP contribution in [0.1, 0.15) is 10.5 Å². The van der Waals surface area contributed by atoms with Crippen LogP contribution in [0.3, 0.4) is 0 Å². The smallest absolute Gasteiger partial charge is 0.294 e. The van der Waals surface area contributed by atoms with Gasteiger partial charge in [0, 0.05) is 22.3 Å². The third-order valence-electron chi connectivity index (χ3n) is 3.52. The highest BCUT2D eigenvalue weighted by Crippen LogP contribution is 2.29. The lowest BCUT2D eigenvalue weighted by Crippen LogP contribution is -2.15. The zero-order valence-corrected chi connectivity index (χ0v) is 17.0. The second-order valence-electron chi connectivity index (χ2n) is 5.46. The summed E-state index contributed by atoms with van der Waals surface area (Å²) >= 11 is 15.0. The zero-order valence-electron chi connectivity index (χ0n) is 13.9. The van der Waals surface area contributed by atoms with Gasteiger partial charge in [0.2, 0.25) is 0 Å². The maximum atomic E-state index is 12.3. The molecule has 0 aliphatic heterocycles. The molecule has 8 nitrogen and oxygen atoms in total. The number of anilines is 1. The van der Waals surface area contributed by atoms with Crippen LogP contribution in [-0.4, -0.2) is 20.6 Å². The summed E-state index contributed by atoms with van der Waals surface area (Å²) in [6, 6.07) is 10.5. The van der Waals surface area contributed by atoms with E-state index in [4.69, 9.17) is 27.9 Å². The minimum atomic E-state index is -0.627. The van der Waals surface area contributed by atoms with Crippen LogP contribution in [0.25, 0.3) is 0 Å². The molecule has 0 radical (unpaired) electrons. The Morgan fingerprint density at radius 3 is 2.64 bits per heavy atom. The highest BCUT2D eigenvalue weighted by atomic mass is 79.9. The van der Waals surface area contributed by atoms with Crippen LogP contribution in [0.2, 0.25) is 10.0 Å². The number of nitrogens with one attached hydrogen (secondary N) is 1. The lowest BCUT2D eigenvalue weighted by atomic mass is 10.2. The minimum Gasteiger partial charge on any atom is -0.470 e. The molecule has 1 aromatic heterocycles. The average Bonchev–Trinajstić information content (AvgIpc) is 3.11. The van der Waals surface area contributed by atoms with Gasteiger partial charge in [-0.2, -0.15) is 5.10 Å². The van der Waals surface area contributed by atoms with Crippen LogP contribution < -0.4 is 10.1 Å². The standard InChI is InChI=1S/C17H11BrCl2N4O4/c18-12-7-10(19)2-4-16(12)28-9-23-6-5-14(22-23)17(25)21-13-3-1-11(20)8-15(13)24(26)27/h1-8H,9H2,(H,21,25). The highest BCUT2D eigenvalue weighted by molar-refractivity contribution is 9.10. The van der Waals surface area contributed by atoms with Crippen LogP contribution in [0.4, 0.5) is 11.4 Å². The van der Waals surface area contributed by atoms with Gasteiger partial charge in [-0.15, -0.1) is 0 Å². The fraction of sp³-hybridized carbons (Fsp3) is 0.0588. The predicted molar refractivity (Wildman–Crippen MR) is 108 cm³/mol. The molecule has 3 aromatic rings. The van der Waals surface area contributed by atoms with Crippen LogP contribution >= 0.6 is 39.1 Å². The third-order valence-corrected chi connectivity index (χ3v) is 4.61. The van der Waals surface area contributed by atoms with Gasteiger partial charge in [0.1, 0.15) is 11.4 Å². The van der Waals surface area contributed by atoms with E-state index in [9.17, 15) is 14.9 Å². The second kappa shape index (κ2) is 8.59. The van der Waals surface area contributed by atoms with Crippen molar-refractivity contribution in [2.45, 2.75) is 6.73 Å². The summed E-state index contributed by atoms with van der Waals surface area (Å²) < 4.78 is 7.70. The number of benzene rings is 2. The van der Waals surface area contributed by atoms with Gasteiger partial charge in [-0.1, -0.05) is 23.2 Å². The molecule has 0 aliphatic carbocycles. The number of nitro benzene ring substituents is 1. The fourth-order valence-electron chi connectivity index (χ4n) is 2.23. The number of nitro groups is 1. The third kappa shape index (κ3) is 4.80. The van der Waals surface area contributed by atoms with Crippen LogP contribution in [0, 0.1) is 10.1 Å². The minimum absolute atomic E-state index is 0.0234. The molecule has 0 unspecified atom stereocenters. The lowest BCUT2D eigenvalue weighted by molar-refractivity contribution is -0.383. The number of hydrogen-bond acceptors (Lipinski definition) is 5. The summed E-state index contributed by atoms with van der Waals surface area (Å²) in [6.07, 6.45) is 1.55. The number of carbonyl (C=O) groups excluding carboxylic acids is 1. The van der Waals surface area contributed by atoms with Crippen molar-refractivity contribution in [2.75, 3.05) is 5.32 Å². The Morgan fingerprint density at radius 1 is 1.21 bits per heavy atom. The molecule has 0 spiro atoms. The van der Waals surface area contributed by atoms with Crippen molar-refractivity contribution in [3.8, 4) is 5.75 Å². The molecule has 28 heavy (non-hydrogen) atoms. The van der Waals surface area contributed by atoms with Crippen molar-refractivity contribution in [2.24, 2.45) is 0 Å². The Labute approximate surface area is 177 Å². The fourth-order valence-corrected chi connectivity index (χ4v) is 3.19. The highest BCUT2D eigenvalue weighted by Gasteiger charge is 2.18. The SMILES string of the molecule is O=C(Nc1ccc(Cl)cc1[N+](=O)[O-])c1ccn(COc2ccc(Cl)cc2Br)n1. The van der Waals surface area contributed by atoms with E-state index in [1.54, 1.807) is 24.4 Å². The van der Waals surface area contributed by atoms with Gasteiger partial charge in [-0.25, -0.2) is 4.68 Å². The summed E-state index contributed by atoms with van der Waals surface area (Å²) in [4.78, 5) is 22.8. The Morgan fingerprint density at radius 2 is 1.93 bits per heavy atom. The molecule has 0 saturated carbocycles. The quantitative estimate of drug-likeness (QED) is 0.384. The molecule has 0 fully saturated rings. The van der Waals surface area contributed by atoms with Gasteiger partial charge >= 0.3 is 0 Å². The molecule has 0 saturated heterocycles. The van der Waals surface area contributed by atoms with Crippen molar-refractivity contribution >= 4 is 56.4 Å². The summed E-state index contributed by atoms with van der Waals surface area (Å²) in [5.74, 6) is -0.0421. The number of amides is 1. The molecule has 2 aromatic carbocycles. The zero-order chi connectivity index (χ0) is 20.3. The number of nitrogens with zero attached hydrogens (tertiary/aromatic N) is 3. The lowest BCUT2D eigenvalue weighted by Gasteiger charge is -2.08. The second-order valence-corrected chi connectivity index (χ2v) is 7.19. The van der Waals surface area contributed by atoms with Crippen molar-refractivity contribution in [3.05, 3.63) is 79.0 Å². The monoisotopic (exact) mass is 484 g/mol. The van der Waals surface area contributed by atoms with Gasteiger partial charge in [0.05, 0.1) is 9.40 Å². The summed E-state index contributed by atoms with van der Waals surface area (Å²) in [6.45, 7) is 0.0502. The Bertz CT molecular complexity index is 1060. The van der Waals surface area contributed by atoms with E-state index >= 15 is 0 Å². The van der Waals surface area contributed by atoms with Crippen LogP contribution in [-0.2, 0) is 6.73 Å². The first-order chi connectivity index (χ1) is 13.3. The maximum Gasteiger partial charge on any atom is 0.294 e. The molecule has 1 amide bonds. The van der Waals surface area contributed by atoms with Gasteiger partial charge in [-0.3, -0.25) is 14.9 Å². The molecule has 1 heterocycles. The number of rotatable bonds is 6. The molecule has 144 valence electrons. The van der Waals surface area contributed by atoms with E-state index < -0.39 is 10.8 Å². The van der Waals surface area contributed by atoms with Crippen molar-refractivity contribution < 1.29 is 14.5 Å². The first-order valence-corrected chi connectivity index (χ1v) is 9.25. The number of hydrogen-bond donors (Lipinski definition) is 1. The topological polar surface area (TPSA) is 99.3 Å². The average molecular weight is 486 g/mol. The molecule has 0 atom stereocenters. The Hall–Kier alpha value is -2.62. The van der Waals surface area contributed by atoms with Crippen LogP contribution in [0.15, 0.2) is 53.1 Å². The Balaban J connectivity index is 1.68. The molecule has 11 heteroatoms. The summed E-state index contributed by atoms with van der Waals surface area (Å²) in [5, 5.41) is 18.4. The number of halogens is 3. The van der Waals surface area contributed by atoms with E-state index in [0.29, 0.717) is 15.2 Å². The summed E-state index contributed by atoms with van der Waals surface area (Å²) in [5.41, 5.74) is -0.213. The van der Waals surface area contributed by atoms with E-state index in [1.807, 2.05) is 0 Å². The number of ether oxygens (including phenoxy) is 1. The molecule has 0 bridgehead atoms.